The van der Waals surface area contributed by atoms with E-state index >= 15 is 4.39 Å². The Hall–Kier alpha value is -5.12. The summed E-state index contributed by atoms with van der Waals surface area (Å²) in [6.07, 6.45) is 3.87. The molecule has 7 rings (SSSR count). The molecule has 0 amide bonds. The molecular weight excluding hydrogens is 635 g/mol. The normalized spacial score (nSPS) is 16.0. The van der Waals surface area contributed by atoms with Crippen LogP contribution in [0.15, 0.2) is 54.7 Å². The molecule has 1 fully saturated rings. The number of carbonyl (C=O) groups is 1. The molecule has 0 bridgehead atoms. The summed E-state index contributed by atoms with van der Waals surface area (Å²) in [4.78, 5) is 24.2. The smallest absolute Gasteiger partial charge is 0.307 e. The maximum atomic E-state index is 16.6. The molecule has 2 aliphatic heterocycles. The second kappa shape index (κ2) is 13.0. The standard InChI is InChI=1S/C40H43FN4O5/c1-23-28-13-10-18-48-37(28)36(41)38(50-40(3,4)5)34(23)35-29(21-33(46)47)24(2)43-39-30(35)20-31(44(39)6)25-14-16-42-32(19-25)45-17-15-27(22-45)49-26-11-8-7-9-12-26/h7-9,11-12,14,16,19-20,27H,10,13,15,17-18,21-22H2,1-6H3,(H,46,47). The zero-order chi connectivity index (χ0) is 35.3. The lowest BCUT2D eigenvalue weighted by Crippen LogP contribution is -2.25. The van der Waals surface area contributed by atoms with Gasteiger partial charge in [-0.05, 0) is 88.9 Å². The summed E-state index contributed by atoms with van der Waals surface area (Å²) in [6, 6.07) is 15.9. The van der Waals surface area contributed by atoms with Gasteiger partial charge in [-0.3, -0.25) is 4.79 Å². The minimum absolute atomic E-state index is 0.0537. The molecule has 2 aliphatic rings. The summed E-state index contributed by atoms with van der Waals surface area (Å²) in [5, 5.41) is 10.8. The van der Waals surface area contributed by atoms with Gasteiger partial charge < -0.3 is 28.8 Å². The van der Waals surface area contributed by atoms with E-state index in [0.29, 0.717) is 47.6 Å². The quantitative estimate of drug-likeness (QED) is 0.177. The van der Waals surface area contributed by atoms with E-state index in [1.807, 2.05) is 88.7 Å². The Bertz CT molecular complexity index is 2100. The minimum atomic E-state index is -0.997. The van der Waals surface area contributed by atoms with Gasteiger partial charge in [0.2, 0.25) is 5.82 Å². The van der Waals surface area contributed by atoms with E-state index in [-0.39, 0.29) is 24.0 Å². The van der Waals surface area contributed by atoms with Crippen molar-refractivity contribution in [3.63, 3.8) is 0 Å². The van der Waals surface area contributed by atoms with Gasteiger partial charge in [0.05, 0.1) is 25.3 Å². The number of rotatable bonds is 8. The number of aryl methyl sites for hydroxylation is 2. The van der Waals surface area contributed by atoms with E-state index in [9.17, 15) is 9.90 Å². The Morgan fingerprint density at radius 3 is 2.64 bits per heavy atom. The van der Waals surface area contributed by atoms with Crippen LogP contribution in [0.3, 0.4) is 0 Å². The van der Waals surface area contributed by atoms with Gasteiger partial charge in [0.1, 0.15) is 28.9 Å². The number of hydrogen-bond donors (Lipinski definition) is 1. The summed E-state index contributed by atoms with van der Waals surface area (Å²) in [6.45, 7) is 11.3. The number of ether oxygens (including phenoxy) is 3. The second-order valence-electron chi connectivity index (χ2n) is 14.3. The van der Waals surface area contributed by atoms with Gasteiger partial charge in [-0.15, -0.1) is 0 Å². The first-order valence-electron chi connectivity index (χ1n) is 17.2. The number of fused-ring (bicyclic) bond motifs is 2. The van der Waals surface area contributed by atoms with Crippen LogP contribution in [-0.4, -0.2) is 57.0 Å². The molecule has 5 heterocycles. The van der Waals surface area contributed by atoms with Gasteiger partial charge in [-0.1, -0.05) is 18.2 Å². The van der Waals surface area contributed by atoms with E-state index in [1.54, 1.807) is 6.20 Å². The molecule has 1 N–H and O–H groups in total. The van der Waals surface area contributed by atoms with Gasteiger partial charge in [-0.2, -0.15) is 4.39 Å². The lowest BCUT2D eigenvalue weighted by Gasteiger charge is -2.30. The highest BCUT2D eigenvalue weighted by Crippen LogP contribution is 2.49. The first-order chi connectivity index (χ1) is 23.9. The van der Waals surface area contributed by atoms with E-state index in [1.165, 1.54) is 0 Å². The van der Waals surface area contributed by atoms with E-state index in [2.05, 4.69) is 11.0 Å². The fourth-order valence-electron chi connectivity index (χ4n) is 7.30. The maximum Gasteiger partial charge on any atom is 0.307 e. The Kier molecular flexibility index (Phi) is 8.66. The molecule has 0 radical (unpaired) electrons. The molecule has 3 aromatic heterocycles. The van der Waals surface area contributed by atoms with Crippen LogP contribution in [0.4, 0.5) is 10.2 Å². The van der Waals surface area contributed by atoms with Crippen LogP contribution < -0.4 is 19.1 Å². The number of aromatic nitrogens is 3. The first kappa shape index (κ1) is 33.4. The minimum Gasteiger partial charge on any atom is -0.490 e. The highest BCUT2D eigenvalue weighted by atomic mass is 19.1. The summed E-state index contributed by atoms with van der Waals surface area (Å²) in [5.41, 5.74) is 5.58. The Morgan fingerprint density at radius 2 is 1.90 bits per heavy atom. The van der Waals surface area contributed by atoms with Crippen molar-refractivity contribution in [2.45, 2.75) is 72.0 Å². The molecule has 9 nitrogen and oxygen atoms in total. The topological polar surface area (TPSA) is 98.9 Å². The number of anilines is 1. The van der Waals surface area contributed by atoms with Crippen molar-refractivity contribution in [1.82, 2.24) is 14.5 Å². The summed E-state index contributed by atoms with van der Waals surface area (Å²) >= 11 is 0. The fraction of sp³-hybridized carbons (Fsp3) is 0.375. The zero-order valence-electron chi connectivity index (χ0n) is 29.5. The van der Waals surface area contributed by atoms with Crippen molar-refractivity contribution in [2.24, 2.45) is 7.05 Å². The molecule has 5 aromatic rings. The number of benzene rings is 2. The predicted molar refractivity (Wildman–Crippen MR) is 192 cm³/mol. The first-order valence-corrected chi connectivity index (χ1v) is 17.2. The van der Waals surface area contributed by atoms with Gasteiger partial charge in [0.25, 0.3) is 0 Å². The van der Waals surface area contributed by atoms with Crippen molar-refractivity contribution in [2.75, 3.05) is 24.6 Å². The molecule has 10 heteroatoms. The zero-order valence-corrected chi connectivity index (χ0v) is 29.5. The van der Waals surface area contributed by atoms with Gasteiger partial charge in [0, 0.05) is 59.5 Å². The molecule has 2 aromatic carbocycles. The van der Waals surface area contributed by atoms with Crippen LogP contribution in [0.5, 0.6) is 17.2 Å². The predicted octanol–water partition coefficient (Wildman–Crippen LogP) is 7.85. The molecule has 1 atom stereocenters. The van der Waals surface area contributed by atoms with E-state index in [4.69, 9.17) is 24.2 Å². The van der Waals surface area contributed by atoms with Crippen molar-refractivity contribution >= 4 is 22.8 Å². The van der Waals surface area contributed by atoms with Crippen LogP contribution in [0.1, 0.15) is 56.0 Å². The number of nitrogens with zero attached hydrogens (tertiary/aromatic N) is 4. The number of para-hydroxylation sites is 1. The summed E-state index contributed by atoms with van der Waals surface area (Å²) in [7, 11) is 1.95. The third-order valence-corrected chi connectivity index (χ3v) is 9.57. The van der Waals surface area contributed by atoms with Gasteiger partial charge >= 0.3 is 5.97 Å². The van der Waals surface area contributed by atoms with Crippen molar-refractivity contribution in [1.29, 1.82) is 0 Å². The lowest BCUT2D eigenvalue weighted by atomic mass is 9.86. The summed E-state index contributed by atoms with van der Waals surface area (Å²) < 4.78 is 37.1. The van der Waals surface area contributed by atoms with Crippen molar-refractivity contribution in [3.8, 4) is 39.6 Å². The van der Waals surface area contributed by atoms with E-state index in [0.717, 1.165) is 58.7 Å². The van der Waals surface area contributed by atoms with Crippen molar-refractivity contribution < 1.29 is 28.5 Å². The largest absolute Gasteiger partial charge is 0.490 e. The molecule has 1 unspecified atom stereocenters. The monoisotopic (exact) mass is 678 g/mol. The number of carboxylic acid groups (broad SMARTS) is 1. The number of halogens is 1. The van der Waals surface area contributed by atoms with Crippen LogP contribution in [0.25, 0.3) is 33.4 Å². The average molecular weight is 679 g/mol. The third-order valence-electron chi connectivity index (χ3n) is 9.57. The molecule has 1 saturated heterocycles. The third kappa shape index (κ3) is 6.23. The molecular formula is C40H43FN4O5. The molecule has 260 valence electrons. The molecule has 0 aliphatic carbocycles. The van der Waals surface area contributed by atoms with Crippen LogP contribution in [0.2, 0.25) is 0 Å². The van der Waals surface area contributed by atoms with Crippen LogP contribution in [-0.2, 0) is 24.7 Å². The molecule has 0 spiro atoms. The lowest BCUT2D eigenvalue weighted by molar-refractivity contribution is -0.136. The maximum absolute atomic E-state index is 16.6. The molecule has 0 saturated carbocycles. The fourth-order valence-corrected chi connectivity index (χ4v) is 7.30. The number of pyridine rings is 2. The van der Waals surface area contributed by atoms with Gasteiger partial charge in [0.15, 0.2) is 11.5 Å². The number of aliphatic carboxylic acids is 1. The van der Waals surface area contributed by atoms with Crippen molar-refractivity contribution in [3.05, 3.63) is 82.9 Å². The van der Waals surface area contributed by atoms with E-state index < -0.39 is 17.4 Å². The highest BCUT2D eigenvalue weighted by Gasteiger charge is 2.33. The molecule has 50 heavy (non-hydrogen) atoms. The Balaban J connectivity index is 1.38. The van der Waals surface area contributed by atoms with Gasteiger partial charge in [-0.25, -0.2) is 9.97 Å². The highest BCUT2D eigenvalue weighted by molar-refractivity contribution is 6.02. The summed E-state index contributed by atoms with van der Waals surface area (Å²) in [5.74, 6) is 0.422. The van der Waals surface area contributed by atoms with Crippen LogP contribution in [0, 0.1) is 19.7 Å². The average Bonchev–Trinajstić information content (AvgIpc) is 3.68. The second-order valence-corrected chi connectivity index (χ2v) is 14.3. The Labute approximate surface area is 291 Å². The number of carboxylic acids is 1. The Morgan fingerprint density at radius 1 is 1.12 bits per heavy atom. The number of hydrogen-bond acceptors (Lipinski definition) is 7. The van der Waals surface area contributed by atoms with Crippen LogP contribution >= 0.6 is 0 Å². The SMILES string of the molecule is Cc1nc2c(cc(-c3ccnc(N4CCC(Oc5ccccc5)C4)c3)n2C)c(-c2c(C)c3c(c(F)c2OC(C)(C)C)OCCC3)c1CC(=O)O.